The van der Waals surface area contributed by atoms with Crippen LogP contribution in [-0.4, -0.2) is 6.61 Å². The van der Waals surface area contributed by atoms with Gasteiger partial charge in [0.15, 0.2) is 11.6 Å². The lowest BCUT2D eigenvalue weighted by molar-refractivity contribution is 0.312. The Morgan fingerprint density at radius 2 is 1.82 bits per heavy atom. The minimum absolute atomic E-state index is 0.00370. The molecule has 0 spiro atoms. The van der Waals surface area contributed by atoms with Gasteiger partial charge in [0.1, 0.15) is 0 Å². The highest BCUT2D eigenvalue weighted by molar-refractivity contribution is 5.67. The molecular formula is C19H24F2O. The Kier molecular flexibility index (Phi) is 4.80. The number of hydrogen-bond donors (Lipinski definition) is 0. The average molecular weight is 306 g/mol. The Labute approximate surface area is 131 Å². The predicted molar refractivity (Wildman–Crippen MR) is 84.8 cm³/mol. The van der Waals surface area contributed by atoms with Gasteiger partial charge in [0.05, 0.1) is 6.61 Å². The van der Waals surface area contributed by atoms with Crippen molar-refractivity contribution >= 4 is 5.57 Å². The van der Waals surface area contributed by atoms with Gasteiger partial charge in [-0.1, -0.05) is 31.8 Å². The van der Waals surface area contributed by atoms with Gasteiger partial charge in [-0.25, -0.2) is 4.39 Å². The van der Waals surface area contributed by atoms with Crippen LogP contribution in [0.5, 0.6) is 5.75 Å². The molecule has 0 saturated heterocycles. The van der Waals surface area contributed by atoms with Crippen molar-refractivity contribution in [1.82, 2.24) is 0 Å². The van der Waals surface area contributed by atoms with Crippen LogP contribution in [0.2, 0.25) is 0 Å². The third kappa shape index (κ3) is 3.04. The lowest BCUT2D eigenvalue weighted by Crippen LogP contribution is -2.14. The van der Waals surface area contributed by atoms with Gasteiger partial charge >= 0.3 is 0 Å². The largest absolute Gasteiger partial charge is 0.491 e. The fourth-order valence-corrected chi connectivity index (χ4v) is 4.00. The number of allylic oxidation sites excluding steroid dienone is 2. The van der Waals surface area contributed by atoms with E-state index < -0.39 is 11.6 Å². The monoisotopic (exact) mass is 306 g/mol. The number of benzene rings is 1. The number of halogens is 2. The molecule has 1 fully saturated rings. The van der Waals surface area contributed by atoms with Gasteiger partial charge < -0.3 is 4.74 Å². The number of hydrogen-bond acceptors (Lipinski definition) is 1. The van der Waals surface area contributed by atoms with E-state index in [1.807, 2.05) is 0 Å². The summed E-state index contributed by atoms with van der Waals surface area (Å²) in [4.78, 5) is 0. The summed E-state index contributed by atoms with van der Waals surface area (Å²) in [5, 5.41) is 0. The van der Waals surface area contributed by atoms with Crippen LogP contribution < -0.4 is 4.74 Å². The first-order valence-corrected chi connectivity index (χ1v) is 8.51. The second-order valence-electron chi connectivity index (χ2n) is 6.48. The molecule has 1 unspecified atom stereocenters. The first-order valence-electron chi connectivity index (χ1n) is 8.51. The van der Waals surface area contributed by atoms with Crippen LogP contribution in [0.25, 0.3) is 5.57 Å². The molecule has 0 aromatic heterocycles. The van der Waals surface area contributed by atoms with E-state index in [1.165, 1.54) is 25.7 Å². The summed E-state index contributed by atoms with van der Waals surface area (Å²) in [5.41, 5.74) is 1.36. The normalized spacial score (nSPS) is 22.7. The predicted octanol–water partition coefficient (Wildman–Crippen LogP) is 5.74. The van der Waals surface area contributed by atoms with Crippen molar-refractivity contribution < 1.29 is 13.5 Å². The van der Waals surface area contributed by atoms with Crippen molar-refractivity contribution in [1.29, 1.82) is 0 Å². The summed E-state index contributed by atoms with van der Waals surface area (Å²) in [6.45, 7) is 2.10. The quantitative estimate of drug-likeness (QED) is 0.689. The highest BCUT2D eigenvalue weighted by atomic mass is 19.2. The van der Waals surface area contributed by atoms with Crippen molar-refractivity contribution in [3.05, 3.63) is 35.4 Å². The van der Waals surface area contributed by atoms with Gasteiger partial charge in [-0.15, -0.1) is 0 Å². The number of rotatable bonds is 4. The van der Waals surface area contributed by atoms with Gasteiger partial charge in [-0.2, -0.15) is 4.39 Å². The molecule has 3 heteroatoms. The summed E-state index contributed by atoms with van der Waals surface area (Å²) < 4.78 is 33.4. The van der Waals surface area contributed by atoms with E-state index >= 15 is 0 Å². The second-order valence-corrected chi connectivity index (χ2v) is 6.48. The van der Waals surface area contributed by atoms with Crippen LogP contribution in [0, 0.1) is 23.5 Å². The molecule has 0 heterocycles. The van der Waals surface area contributed by atoms with Crippen molar-refractivity contribution in [2.24, 2.45) is 11.8 Å². The van der Waals surface area contributed by atoms with Gasteiger partial charge in [-0.3, -0.25) is 0 Å². The maximum absolute atomic E-state index is 14.3. The molecule has 0 amide bonds. The first-order chi connectivity index (χ1) is 10.7. The summed E-state index contributed by atoms with van der Waals surface area (Å²) >= 11 is 0. The van der Waals surface area contributed by atoms with Crippen LogP contribution in [0.1, 0.15) is 57.4 Å². The highest BCUT2D eigenvalue weighted by Gasteiger charge is 2.27. The molecule has 1 nitrogen and oxygen atoms in total. The minimum atomic E-state index is -0.863. The molecule has 2 aliphatic rings. The summed E-state index contributed by atoms with van der Waals surface area (Å²) in [6, 6.07) is 3.20. The topological polar surface area (TPSA) is 9.23 Å². The molecule has 0 radical (unpaired) electrons. The van der Waals surface area contributed by atoms with Crippen LogP contribution in [0.3, 0.4) is 0 Å². The first kappa shape index (κ1) is 15.5. The molecule has 0 bridgehead atoms. The van der Waals surface area contributed by atoms with Crippen molar-refractivity contribution in [2.75, 3.05) is 6.61 Å². The molecule has 1 atom stereocenters. The van der Waals surface area contributed by atoms with E-state index in [0.29, 0.717) is 12.2 Å². The molecule has 1 aromatic carbocycles. The Balaban J connectivity index is 1.76. The molecule has 2 aliphatic carbocycles. The zero-order valence-electron chi connectivity index (χ0n) is 13.2. The Bertz CT molecular complexity index is 559. The van der Waals surface area contributed by atoms with Crippen molar-refractivity contribution in [3.63, 3.8) is 0 Å². The van der Waals surface area contributed by atoms with Crippen LogP contribution in [-0.2, 0) is 0 Å². The standard InChI is InChI=1S/C19H24F2O/c1-2-22-17-12-11-16(18(20)19(17)21)15-9-7-14(8-10-15)13-5-3-4-6-13/h9,11-14H,2-8,10H2,1H3. The zero-order chi connectivity index (χ0) is 15.5. The third-order valence-electron chi connectivity index (χ3n) is 5.21. The van der Waals surface area contributed by atoms with Crippen molar-refractivity contribution in [3.8, 4) is 5.75 Å². The van der Waals surface area contributed by atoms with Crippen LogP contribution >= 0.6 is 0 Å². The summed E-state index contributed by atoms with van der Waals surface area (Å²) in [5.74, 6) is -0.0414. The van der Waals surface area contributed by atoms with Crippen LogP contribution in [0.15, 0.2) is 18.2 Å². The average Bonchev–Trinajstić information content (AvgIpc) is 3.07. The Hall–Kier alpha value is -1.38. The van der Waals surface area contributed by atoms with Gasteiger partial charge in [0.2, 0.25) is 5.82 Å². The van der Waals surface area contributed by atoms with E-state index in [4.69, 9.17) is 4.74 Å². The smallest absolute Gasteiger partial charge is 0.201 e. The van der Waals surface area contributed by atoms with Gasteiger partial charge in [0.25, 0.3) is 0 Å². The molecule has 3 rings (SSSR count). The van der Waals surface area contributed by atoms with Crippen LogP contribution in [0.4, 0.5) is 8.78 Å². The second kappa shape index (κ2) is 6.80. The zero-order valence-corrected chi connectivity index (χ0v) is 13.2. The van der Waals surface area contributed by atoms with E-state index in [2.05, 4.69) is 6.08 Å². The van der Waals surface area contributed by atoms with E-state index in [9.17, 15) is 8.78 Å². The number of ether oxygens (including phenoxy) is 1. The van der Waals surface area contributed by atoms with E-state index in [1.54, 1.807) is 19.1 Å². The fraction of sp³-hybridized carbons (Fsp3) is 0.579. The summed E-state index contributed by atoms with van der Waals surface area (Å²) in [7, 11) is 0. The molecule has 1 saturated carbocycles. The third-order valence-corrected chi connectivity index (χ3v) is 5.21. The molecule has 0 N–H and O–H groups in total. The highest BCUT2D eigenvalue weighted by Crippen LogP contribution is 2.41. The molecule has 22 heavy (non-hydrogen) atoms. The SMILES string of the molecule is CCOc1ccc(C2=CCC(C3CCCC3)CC2)c(F)c1F. The Morgan fingerprint density at radius 3 is 2.45 bits per heavy atom. The molecule has 120 valence electrons. The van der Waals surface area contributed by atoms with Crippen molar-refractivity contribution in [2.45, 2.75) is 51.9 Å². The lowest BCUT2D eigenvalue weighted by atomic mass is 9.78. The summed E-state index contributed by atoms with van der Waals surface area (Å²) in [6.07, 6.45) is 10.5. The lowest BCUT2D eigenvalue weighted by Gasteiger charge is -2.27. The maximum Gasteiger partial charge on any atom is 0.201 e. The minimum Gasteiger partial charge on any atom is -0.491 e. The van der Waals surface area contributed by atoms with E-state index in [0.717, 1.165) is 36.7 Å². The fourth-order valence-electron chi connectivity index (χ4n) is 4.00. The molecular weight excluding hydrogens is 282 g/mol. The molecule has 0 aliphatic heterocycles. The van der Waals surface area contributed by atoms with Gasteiger partial charge in [0, 0.05) is 5.56 Å². The Morgan fingerprint density at radius 1 is 1.05 bits per heavy atom. The maximum atomic E-state index is 14.3. The van der Waals surface area contributed by atoms with E-state index in [-0.39, 0.29) is 5.75 Å². The van der Waals surface area contributed by atoms with Gasteiger partial charge in [-0.05, 0) is 55.7 Å². The molecule has 1 aromatic rings.